The number of halogens is 3. The van der Waals surface area contributed by atoms with E-state index in [0.29, 0.717) is 48.4 Å². The highest BCUT2D eigenvalue weighted by Gasteiger charge is 2.50. The zero-order chi connectivity index (χ0) is 19.2. The van der Waals surface area contributed by atoms with Gasteiger partial charge >= 0.3 is 15.5 Å². The third-order valence-corrected chi connectivity index (χ3v) is 5.63. The summed E-state index contributed by atoms with van der Waals surface area (Å²) in [6.07, 6.45) is 2.16. The second-order valence-electron chi connectivity index (χ2n) is 5.86. The number of aromatic nitrogens is 1. The largest absolute Gasteiger partial charge is 0.511 e. The maximum Gasteiger partial charge on any atom is 0.511 e. The number of nitrogens with zero attached hydrogens (tertiary/aromatic N) is 3. The van der Waals surface area contributed by atoms with Crippen molar-refractivity contribution in [3.8, 4) is 0 Å². The van der Waals surface area contributed by atoms with Gasteiger partial charge < -0.3 is 15.2 Å². The Hall–Kier alpha value is -1.82. The molecule has 1 saturated heterocycles. The summed E-state index contributed by atoms with van der Waals surface area (Å²) in [6.45, 7) is 3.10. The fourth-order valence-electron chi connectivity index (χ4n) is 2.56. The Kier molecular flexibility index (Phi) is 6.87. The molecule has 8 nitrogen and oxygen atoms in total. The molecule has 2 heterocycles. The molecule has 0 bridgehead atoms. The fraction of sp³-hybridized carbons (Fsp3) is 0.714. The predicted molar refractivity (Wildman–Crippen MR) is 88.6 cm³/mol. The van der Waals surface area contributed by atoms with E-state index in [2.05, 4.69) is 20.8 Å². The molecule has 0 amide bonds. The predicted octanol–water partition coefficient (Wildman–Crippen LogP) is 1.29. The van der Waals surface area contributed by atoms with E-state index < -0.39 is 15.5 Å². The van der Waals surface area contributed by atoms with Gasteiger partial charge in [0.05, 0.1) is 6.54 Å². The van der Waals surface area contributed by atoms with Gasteiger partial charge in [-0.2, -0.15) is 17.5 Å². The maximum atomic E-state index is 12.6. The van der Waals surface area contributed by atoms with Gasteiger partial charge in [0, 0.05) is 32.2 Å². The summed E-state index contributed by atoms with van der Waals surface area (Å²) in [4.78, 5) is 4.34. The zero-order valence-electron chi connectivity index (χ0n) is 14.3. The summed E-state index contributed by atoms with van der Waals surface area (Å²) < 4.78 is 65.8. The Morgan fingerprint density at radius 1 is 1.38 bits per heavy atom. The van der Waals surface area contributed by atoms with Crippen LogP contribution in [0.4, 0.5) is 13.2 Å². The van der Waals surface area contributed by atoms with Crippen molar-refractivity contribution in [2.24, 2.45) is 10.9 Å². The number of hydrogen-bond acceptors (Lipinski definition) is 5. The van der Waals surface area contributed by atoms with Gasteiger partial charge in [-0.15, -0.1) is 0 Å². The van der Waals surface area contributed by atoms with E-state index in [-0.39, 0.29) is 19.0 Å². The Labute approximate surface area is 149 Å². The van der Waals surface area contributed by atoms with Crippen molar-refractivity contribution < 1.29 is 26.1 Å². The molecule has 148 valence electrons. The van der Waals surface area contributed by atoms with Gasteiger partial charge in [0.25, 0.3) is 0 Å². The molecule has 0 aromatic carbocycles. The lowest BCUT2D eigenvalue weighted by atomic mass is 9.98. The summed E-state index contributed by atoms with van der Waals surface area (Å²) in [5.41, 5.74) is -4.57. The molecule has 2 N–H and O–H groups in total. The molecular weight excluding hydrogens is 375 g/mol. The molecule has 1 aliphatic rings. The van der Waals surface area contributed by atoms with Crippen LogP contribution in [-0.4, -0.2) is 55.5 Å². The lowest BCUT2D eigenvalue weighted by Crippen LogP contribution is -2.47. The molecule has 0 spiro atoms. The normalized spacial score (nSPS) is 18.1. The average molecular weight is 397 g/mol. The van der Waals surface area contributed by atoms with Gasteiger partial charge in [-0.05, 0) is 25.7 Å². The lowest BCUT2D eigenvalue weighted by Gasteiger charge is -2.31. The maximum absolute atomic E-state index is 12.6. The molecule has 1 aliphatic heterocycles. The highest BCUT2D eigenvalue weighted by molar-refractivity contribution is 7.90. The highest BCUT2D eigenvalue weighted by atomic mass is 32.2. The van der Waals surface area contributed by atoms with E-state index in [1.807, 2.05) is 6.92 Å². The molecule has 26 heavy (non-hydrogen) atoms. The van der Waals surface area contributed by atoms with Crippen LogP contribution in [0.1, 0.15) is 25.5 Å². The van der Waals surface area contributed by atoms with Crippen molar-refractivity contribution in [1.82, 2.24) is 20.1 Å². The van der Waals surface area contributed by atoms with Crippen LogP contribution in [0.2, 0.25) is 0 Å². The summed E-state index contributed by atoms with van der Waals surface area (Å²) in [5, 5.41) is 9.95. The first kappa shape index (κ1) is 20.5. The molecule has 0 atom stereocenters. The molecule has 1 fully saturated rings. The van der Waals surface area contributed by atoms with Crippen molar-refractivity contribution in [3.05, 3.63) is 18.0 Å². The minimum absolute atomic E-state index is 0.0607. The standard InChI is InChI=1S/C14H22F3N5O3S/c1-2-18-13(20-10-12-5-8-25-21-12)19-9-11-3-6-22(7-4-11)26(23,24)14(15,16)17/h5,8,11H,2-4,6-7,9-10H2,1H3,(H2,18,19,20). The number of nitrogens with one attached hydrogen (secondary N) is 2. The second-order valence-corrected chi connectivity index (χ2v) is 7.79. The van der Waals surface area contributed by atoms with Gasteiger partial charge in [0.2, 0.25) is 0 Å². The topological polar surface area (TPSA) is 99.8 Å². The number of hydrogen-bond donors (Lipinski definition) is 2. The van der Waals surface area contributed by atoms with Crippen LogP contribution in [0.25, 0.3) is 0 Å². The van der Waals surface area contributed by atoms with E-state index in [1.54, 1.807) is 6.07 Å². The van der Waals surface area contributed by atoms with E-state index in [9.17, 15) is 21.6 Å². The van der Waals surface area contributed by atoms with Crippen LogP contribution in [0.3, 0.4) is 0 Å². The number of piperidine rings is 1. The minimum atomic E-state index is -5.25. The van der Waals surface area contributed by atoms with Crippen LogP contribution in [-0.2, 0) is 16.6 Å². The van der Waals surface area contributed by atoms with Gasteiger partial charge in [0.1, 0.15) is 12.0 Å². The Morgan fingerprint density at radius 2 is 2.08 bits per heavy atom. The summed E-state index contributed by atoms with van der Waals surface area (Å²) >= 11 is 0. The van der Waals surface area contributed by atoms with E-state index >= 15 is 0 Å². The van der Waals surface area contributed by atoms with Crippen molar-refractivity contribution in [3.63, 3.8) is 0 Å². The smallest absolute Gasteiger partial charge is 0.364 e. The van der Waals surface area contributed by atoms with Gasteiger partial charge in [-0.25, -0.2) is 13.4 Å². The van der Waals surface area contributed by atoms with E-state index in [4.69, 9.17) is 4.52 Å². The molecule has 1 aromatic rings. The number of rotatable bonds is 6. The first-order valence-electron chi connectivity index (χ1n) is 8.22. The highest BCUT2D eigenvalue weighted by Crippen LogP contribution is 2.30. The summed E-state index contributed by atoms with van der Waals surface area (Å²) in [5.74, 6) is 0.617. The summed E-state index contributed by atoms with van der Waals surface area (Å²) in [6, 6.07) is 1.70. The Morgan fingerprint density at radius 3 is 2.62 bits per heavy atom. The lowest BCUT2D eigenvalue weighted by molar-refractivity contribution is -0.0496. The quantitative estimate of drug-likeness (QED) is 0.554. The van der Waals surface area contributed by atoms with Crippen LogP contribution in [0, 0.1) is 5.92 Å². The Bertz CT molecular complexity index is 683. The van der Waals surface area contributed by atoms with Gasteiger partial charge in [-0.3, -0.25) is 0 Å². The zero-order valence-corrected chi connectivity index (χ0v) is 15.1. The average Bonchev–Trinajstić information content (AvgIpc) is 3.10. The first-order valence-corrected chi connectivity index (χ1v) is 9.66. The van der Waals surface area contributed by atoms with Gasteiger partial charge in [-0.1, -0.05) is 5.16 Å². The number of alkyl halides is 3. The molecule has 2 rings (SSSR count). The van der Waals surface area contributed by atoms with Crippen LogP contribution >= 0.6 is 0 Å². The van der Waals surface area contributed by atoms with Gasteiger partial charge in [0.15, 0.2) is 5.96 Å². The SMILES string of the molecule is CCNC(=NCc1ccon1)NCC1CCN(S(=O)(=O)C(F)(F)F)CC1. The number of sulfonamides is 1. The molecule has 12 heteroatoms. The molecule has 0 saturated carbocycles. The molecule has 0 unspecified atom stereocenters. The van der Waals surface area contributed by atoms with Crippen molar-refractivity contribution >= 4 is 16.0 Å². The third kappa shape index (κ3) is 5.34. The Balaban J connectivity index is 1.83. The fourth-order valence-corrected chi connectivity index (χ4v) is 3.55. The first-order chi connectivity index (χ1) is 12.2. The van der Waals surface area contributed by atoms with Crippen molar-refractivity contribution in [2.45, 2.75) is 31.8 Å². The third-order valence-electron chi connectivity index (χ3n) is 4.00. The molecule has 0 radical (unpaired) electrons. The summed E-state index contributed by atoms with van der Waals surface area (Å²) in [7, 11) is -5.24. The van der Waals surface area contributed by atoms with E-state index in [0.717, 1.165) is 0 Å². The van der Waals surface area contributed by atoms with Crippen molar-refractivity contribution in [2.75, 3.05) is 26.2 Å². The number of aliphatic imine (C=N–C) groups is 1. The van der Waals surface area contributed by atoms with E-state index in [1.165, 1.54) is 6.26 Å². The number of guanidine groups is 1. The van der Waals surface area contributed by atoms with Crippen molar-refractivity contribution in [1.29, 1.82) is 0 Å². The van der Waals surface area contributed by atoms with Crippen LogP contribution in [0.5, 0.6) is 0 Å². The minimum Gasteiger partial charge on any atom is -0.364 e. The molecule has 0 aliphatic carbocycles. The second kappa shape index (κ2) is 8.71. The monoisotopic (exact) mass is 397 g/mol. The molecular formula is C14H22F3N5O3S. The van der Waals surface area contributed by atoms with Crippen LogP contribution in [0.15, 0.2) is 21.8 Å². The molecule has 1 aromatic heterocycles. The van der Waals surface area contributed by atoms with Crippen LogP contribution < -0.4 is 10.6 Å².